The Kier molecular flexibility index (Phi) is 3.75. The topological polar surface area (TPSA) is 78.0 Å². The first-order valence-corrected chi connectivity index (χ1v) is 7.23. The monoisotopic (exact) mass is 285 g/mol. The summed E-state index contributed by atoms with van der Waals surface area (Å²) in [5.74, 6) is -0.115. The number of nitrogens with zero attached hydrogens (tertiary/aromatic N) is 1. The van der Waals surface area contributed by atoms with Crippen LogP contribution >= 0.6 is 0 Å². The fourth-order valence-electron chi connectivity index (χ4n) is 2.95. The van der Waals surface area contributed by atoms with Crippen molar-refractivity contribution >= 4 is 5.91 Å². The van der Waals surface area contributed by atoms with E-state index in [9.17, 15) is 9.90 Å². The van der Waals surface area contributed by atoms with Crippen molar-refractivity contribution in [1.82, 2.24) is 15.5 Å². The van der Waals surface area contributed by atoms with Gasteiger partial charge in [0, 0.05) is 11.9 Å². The molecule has 21 heavy (non-hydrogen) atoms. The van der Waals surface area contributed by atoms with Crippen LogP contribution < -0.4 is 5.32 Å². The van der Waals surface area contributed by atoms with Crippen molar-refractivity contribution in [2.45, 2.75) is 31.3 Å². The molecule has 0 saturated heterocycles. The fraction of sp³-hybridized carbons (Fsp3) is 0.375. The molecule has 0 bridgehead atoms. The van der Waals surface area contributed by atoms with Gasteiger partial charge >= 0.3 is 0 Å². The van der Waals surface area contributed by atoms with Crippen LogP contribution in [-0.4, -0.2) is 27.8 Å². The number of benzene rings is 1. The highest BCUT2D eigenvalue weighted by atomic mass is 16.3. The largest absolute Gasteiger partial charge is 0.383 e. The molecule has 1 aromatic carbocycles. The van der Waals surface area contributed by atoms with Crippen LogP contribution in [-0.2, 0) is 23.2 Å². The van der Waals surface area contributed by atoms with Crippen LogP contribution in [0.4, 0.5) is 0 Å². The number of H-pyrrole nitrogens is 1. The maximum absolute atomic E-state index is 11.9. The zero-order valence-electron chi connectivity index (χ0n) is 11.8. The molecule has 0 aliphatic heterocycles. The number of hydrogen-bond acceptors (Lipinski definition) is 3. The molecule has 3 rings (SSSR count). The van der Waals surface area contributed by atoms with Crippen molar-refractivity contribution in [1.29, 1.82) is 0 Å². The van der Waals surface area contributed by atoms with Gasteiger partial charge in [-0.05, 0) is 36.5 Å². The third kappa shape index (κ3) is 2.97. The second-order valence-corrected chi connectivity index (χ2v) is 5.58. The Labute approximate surface area is 123 Å². The molecule has 1 aliphatic carbocycles. The van der Waals surface area contributed by atoms with Crippen LogP contribution in [0.5, 0.6) is 0 Å². The molecule has 0 saturated carbocycles. The van der Waals surface area contributed by atoms with Crippen LogP contribution in [0.2, 0.25) is 0 Å². The first-order valence-electron chi connectivity index (χ1n) is 7.23. The molecule has 1 aliphatic rings. The first-order chi connectivity index (χ1) is 10.2. The number of aromatic nitrogens is 2. The van der Waals surface area contributed by atoms with Crippen LogP contribution in [0.3, 0.4) is 0 Å². The summed E-state index contributed by atoms with van der Waals surface area (Å²) >= 11 is 0. The number of amides is 1. The number of aliphatic hydroxyl groups is 1. The van der Waals surface area contributed by atoms with Gasteiger partial charge in [0.05, 0.1) is 13.0 Å². The zero-order chi connectivity index (χ0) is 14.7. The van der Waals surface area contributed by atoms with Gasteiger partial charge in [-0.3, -0.25) is 9.89 Å². The predicted molar refractivity (Wildman–Crippen MR) is 78.6 cm³/mol. The van der Waals surface area contributed by atoms with Crippen LogP contribution in [0.15, 0.2) is 36.5 Å². The third-order valence-electron chi connectivity index (χ3n) is 4.04. The maximum atomic E-state index is 11.9. The van der Waals surface area contributed by atoms with Crippen molar-refractivity contribution in [3.05, 3.63) is 53.3 Å². The van der Waals surface area contributed by atoms with Crippen molar-refractivity contribution in [3.63, 3.8) is 0 Å². The molecule has 1 amide bonds. The average Bonchev–Trinajstić information content (AvgIpc) is 2.99. The molecule has 1 aromatic heterocycles. The molecule has 1 atom stereocenters. The standard InChI is InChI=1S/C16H19N3O2/c20-15(10-13-7-9-18-19-13)17-11-16(21)8-3-5-12-4-1-2-6-14(12)16/h1-2,4,6-7,9,21H,3,5,8,10-11H2,(H,17,20)(H,18,19). The highest BCUT2D eigenvalue weighted by Gasteiger charge is 2.34. The summed E-state index contributed by atoms with van der Waals surface area (Å²) in [4.78, 5) is 11.9. The molecular formula is C16H19N3O2. The molecule has 0 spiro atoms. The molecule has 110 valence electrons. The number of carbonyl (C=O) groups is 1. The van der Waals surface area contributed by atoms with Gasteiger partial charge in [-0.2, -0.15) is 5.10 Å². The van der Waals surface area contributed by atoms with Gasteiger partial charge in [-0.1, -0.05) is 24.3 Å². The summed E-state index contributed by atoms with van der Waals surface area (Å²) < 4.78 is 0. The van der Waals surface area contributed by atoms with Crippen molar-refractivity contribution < 1.29 is 9.90 Å². The molecule has 5 nitrogen and oxygen atoms in total. The summed E-state index contributed by atoms with van der Waals surface area (Å²) in [5.41, 5.74) is 1.93. The molecule has 1 heterocycles. The number of hydrogen-bond donors (Lipinski definition) is 3. The Morgan fingerprint density at radius 2 is 2.24 bits per heavy atom. The van der Waals surface area contributed by atoms with Crippen molar-refractivity contribution in [3.8, 4) is 0 Å². The van der Waals surface area contributed by atoms with Crippen LogP contribution in [0.1, 0.15) is 29.7 Å². The Bertz CT molecular complexity index is 624. The quantitative estimate of drug-likeness (QED) is 0.792. The number of carbonyl (C=O) groups excluding carboxylic acids is 1. The number of aromatic amines is 1. The first kappa shape index (κ1) is 13.8. The lowest BCUT2D eigenvalue weighted by molar-refractivity contribution is -0.122. The predicted octanol–water partition coefficient (Wildman–Crippen LogP) is 1.29. The van der Waals surface area contributed by atoms with E-state index in [0.29, 0.717) is 6.42 Å². The Morgan fingerprint density at radius 1 is 1.38 bits per heavy atom. The maximum Gasteiger partial charge on any atom is 0.226 e. The van der Waals surface area contributed by atoms with Crippen molar-refractivity contribution in [2.75, 3.05) is 6.54 Å². The average molecular weight is 285 g/mol. The molecule has 5 heteroatoms. The molecular weight excluding hydrogens is 266 g/mol. The lowest BCUT2D eigenvalue weighted by Gasteiger charge is -2.34. The molecule has 0 fully saturated rings. The summed E-state index contributed by atoms with van der Waals surface area (Å²) in [7, 11) is 0. The zero-order valence-corrected chi connectivity index (χ0v) is 11.8. The van der Waals surface area contributed by atoms with Crippen molar-refractivity contribution in [2.24, 2.45) is 0 Å². The minimum absolute atomic E-state index is 0.115. The second-order valence-electron chi connectivity index (χ2n) is 5.58. The highest BCUT2D eigenvalue weighted by molar-refractivity contribution is 5.78. The van der Waals surface area contributed by atoms with E-state index in [4.69, 9.17) is 0 Å². The normalized spacial score (nSPS) is 20.8. The van der Waals surface area contributed by atoms with Gasteiger partial charge in [-0.15, -0.1) is 0 Å². The molecule has 1 unspecified atom stereocenters. The number of nitrogens with one attached hydrogen (secondary N) is 2. The Morgan fingerprint density at radius 3 is 3.05 bits per heavy atom. The number of rotatable bonds is 4. The summed E-state index contributed by atoms with van der Waals surface area (Å²) in [6.07, 6.45) is 4.46. The minimum Gasteiger partial charge on any atom is -0.383 e. The smallest absolute Gasteiger partial charge is 0.226 e. The van der Waals surface area contributed by atoms with E-state index in [-0.39, 0.29) is 18.9 Å². The molecule has 0 radical (unpaired) electrons. The summed E-state index contributed by atoms with van der Waals surface area (Å²) in [6, 6.07) is 9.69. The Balaban J connectivity index is 1.66. The van der Waals surface area contributed by atoms with E-state index < -0.39 is 5.60 Å². The van der Waals surface area contributed by atoms with Gasteiger partial charge in [-0.25, -0.2) is 0 Å². The lowest BCUT2D eigenvalue weighted by Crippen LogP contribution is -2.43. The van der Waals surface area contributed by atoms with Crippen LogP contribution in [0, 0.1) is 0 Å². The molecule has 2 aromatic rings. The van der Waals surface area contributed by atoms with Crippen LogP contribution in [0.25, 0.3) is 0 Å². The highest BCUT2D eigenvalue weighted by Crippen LogP contribution is 2.34. The van der Waals surface area contributed by atoms with E-state index in [1.54, 1.807) is 12.3 Å². The van der Waals surface area contributed by atoms with Gasteiger partial charge in [0.2, 0.25) is 5.91 Å². The summed E-state index contributed by atoms with van der Waals surface area (Å²) in [5, 5.41) is 20.3. The second kappa shape index (κ2) is 5.69. The Hall–Kier alpha value is -2.14. The molecule has 3 N–H and O–H groups in total. The number of aryl methyl sites for hydroxylation is 1. The van der Waals surface area contributed by atoms with Gasteiger partial charge in [0.1, 0.15) is 5.60 Å². The summed E-state index contributed by atoms with van der Waals surface area (Å²) in [6.45, 7) is 0.247. The van der Waals surface area contributed by atoms with Gasteiger partial charge in [0.25, 0.3) is 0 Å². The lowest BCUT2D eigenvalue weighted by atomic mass is 9.79. The van der Waals surface area contributed by atoms with E-state index in [2.05, 4.69) is 15.5 Å². The van der Waals surface area contributed by atoms with E-state index in [1.165, 1.54) is 5.56 Å². The minimum atomic E-state index is -0.960. The van der Waals surface area contributed by atoms with E-state index in [0.717, 1.165) is 24.1 Å². The third-order valence-corrected chi connectivity index (χ3v) is 4.04. The van der Waals surface area contributed by atoms with E-state index in [1.807, 2.05) is 24.3 Å². The van der Waals surface area contributed by atoms with E-state index >= 15 is 0 Å². The van der Waals surface area contributed by atoms with Gasteiger partial charge in [0.15, 0.2) is 0 Å². The number of fused-ring (bicyclic) bond motifs is 1. The SMILES string of the molecule is O=C(Cc1ccn[nH]1)NCC1(O)CCCc2ccccc21. The fourth-order valence-corrected chi connectivity index (χ4v) is 2.95. The van der Waals surface area contributed by atoms with Gasteiger partial charge < -0.3 is 10.4 Å².